The van der Waals surface area contributed by atoms with Crippen molar-refractivity contribution in [2.75, 3.05) is 13.7 Å². The van der Waals surface area contributed by atoms with E-state index < -0.39 is 0 Å². The number of nitrogens with one attached hydrogen (secondary N) is 1. The Balaban J connectivity index is 2.02. The van der Waals surface area contributed by atoms with Crippen LogP contribution in [-0.2, 0) is 11.2 Å². The summed E-state index contributed by atoms with van der Waals surface area (Å²) in [6, 6.07) is 17.4. The molecule has 2 aromatic carbocycles. The molecule has 122 valence electrons. The van der Waals surface area contributed by atoms with Crippen LogP contribution < -0.4 is 10.1 Å². The smallest absolute Gasteiger partial charge is 0.261 e. The second-order valence-electron chi connectivity index (χ2n) is 5.38. The Morgan fingerprint density at radius 1 is 1.25 bits per heavy atom. The lowest BCUT2D eigenvalue weighted by molar-refractivity contribution is -0.117. The molecule has 0 aliphatic carbocycles. The first-order valence-electron chi connectivity index (χ1n) is 7.72. The number of methoxy groups -OCH3 is 1. The van der Waals surface area contributed by atoms with Crippen LogP contribution in [0.4, 0.5) is 0 Å². The Morgan fingerprint density at radius 3 is 2.62 bits per heavy atom. The van der Waals surface area contributed by atoms with E-state index in [9.17, 15) is 10.1 Å². The van der Waals surface area contributed by atoms with Crippen LogP contribution in [0.25, 0.3) is 6.08 Å². The van der Waals surface area contributed by atoms with Crippen molar-refractivity contribution in [1.82, 2.24) is 5.32 Å². The van der Waals surface area contributed by atoms with Gasteiger partial charge in [0.05, 0.1) is 7.11 Å². The molecule has 1 amide bonds. The Labute approximate surface area is 142 Å². The van der Waals surface area contributed by atoms with Crippen molar-refractivity contribution in [3.8, 4) is 11.8 Å². The Hall–Kier alpha value is -3.06. The topological polar surface area (TPSA) is 62.1 Å². The quantitative estimate of drug-likeness (QED) is 0.656. The zero-order chi connectivity index (χ0) is 17.4. The molecule has 24 heavy (non-hydrogen) atoms. The van der Waals surface area contributed by atoms with Gasteiger partial charge in [0.1, 0.15) is 17.4 Å². The predicted molar refractivity (Wildman–Crippen MR) is 94.5 cm³/mol. The van der Waals surface area contributed by atoms with Crippen LogP contribution in [0.15, 0.2) is 54.1 Å². The van der Waals surface area contributed by atoms with Crippen LogP contribution in [0, 0.1) is 18.3 Å². The number of amides is 1. The highest BCUT2D eigenvalue weighted by Crippen LogP contribution is 2.19. The molecule has 0 spiro atoms. The fourth-order valence-corrected chi connectivity index (χ4v) is 2.30. The first-order chi connectivity index (χ1) is 11.6. The molecule has 0 aromatic heterocycles. The lowest BCUT2D eigenvalue weighted by atomic mass is 10.1. The highest BCUT2D eigenvalue weighted by molar-refractivity contribution is 6.01. The molecule has 0 saturated heterocycles. The van der Waals surface area contributed by atoms with Crippen molar-refractivity contribution < 1.29 is 9.53 Å². The lowest BCUT2D eigenvalue weighted by Gasteiger charge is -2.07. The van der Waals surface area contributed by atoms with Gasteiger partial charge in [0.15, 0.2) is 0 Å². The van der Waals surface area contributed by atoms with Crippen LogP contribution in [0.1, 0.15) is 16.7 Å². The number of carbonyl (C=O) groups excluding carboxylic acids is 1. The average molecular weight is 320 g/mol. The summed E-state index contributed by atoms with van der Waals surface area (Å²) in [6.07, 6.45) is 2.33. The van der Waals surface area contributed by atoms with Gasteiger partial charge in [0.2, 0.25) is 0 Å². The lowest BCUT2D eigenvalue weighted by Crippen LogP contribution is -2.26. The fourth-order valence-electron chi connectivity index (χ4n) is 2.30. The van der Waals surface area contributed by atoms with Crippen LogP contribution >= 0.6 is 0 Å². The number of hydrogen-bond acceptors (Lipinski definition) is 3. The van der Waals surface area contributed by atoms with Crippen LogP contribution in [-0.4, -0.2) is 19.6 Å². The molecule has 0 atom stereocenters. The molecule has 0 bridgehead atoms. The van der Waals surface area contributed by atoms with Gasteiger partial charge in [-0.25, -0.2) is 0 Å². The summed E-state index contributed by atoms with van der Waals surface area (Å²) in [5, 5.41) is 12.1. The van der Waals surface area contributed by atoms with Crippen LogP contribution in [0.5, 0.6) is 5.75 Å². The van der Waals surface area contributed by atoms with E-state index in [1.165, 1.54) is 0 Å². The number of nitriles is 1. The summed E-state index contributed by atoms with van der Waals surface area (Å²) < 4.78 is 5.16. The van der Waals surface area contributed by atoms with Crippen molar-refractivity contribution >= 4 is 12.0 Å². The zero-order valence-corrected chi connectivity index (χ0v) is 13.9. The fraction of sp³-hybridized carbons (Fsp3) is 0.200. The number of benzene rings is 2. The average Bonchev–Trinajstić information content (AvgIpc) is 2.61. The zero-order valence-electron chi connectivity index (χ0n) is 13.9. The van der Waals surface area contributed by atoms with Gasteiger partial charge in [-0.1, -0.05) is 36.4 Å². The second kappa shape index (κ2) is 8.54. The highest BCUT2D eigenvalue weighted by Gasteiger charge is 2.09. The largest absolute Gasteiger partial charge is 0.497 e. The monoisotopic (exact) mass is 320 g/mol. The van der Waals surface area contributed by atoms with E-state index in [0.29, 0.717) is 6.54 Å². The van der Waals surface area contributed by atoms with Gasteiger partial charge in [-0.15, -0.1) is 0 Å². The van der Waals surface area contributed by atoms with E-state index in [1.54, 1.807) is 19.3 Å². The Morgan fingerprint density at radius 2 is 2.00 bits per heavy atom. The molecule has 0 saturated carbocycles. The van der Waals surface area contributed by atoms with Crippen molar-refractivity contribution in [2.45, 2.75) is 13.3 Å². The molecule has 0 unspecified atom stereocenters. The number of hydrogen-bond donors (Lipinski definition) is 1. The van der Waals surface area contributed by atoms with Gasteiger partial charge in [-0.05, 0) is 48.2 Å². The van der Waals surface area contributed by atoms with Crippen molar-refractivity contribution in [3.63, 3.8) is 0 Å². The van der Waals surface area contributed by atoms with E-state index in [0.717, 1.165) is 28.9 Å². The van der Waals surface area contributed by atoms with Gasteiger partial charge in [-0.3, -0.25) is 4.79 Å². The minimum Gasteiger partial charge on any atom is -0.497 e. The molecule has 4 heteroatoms. The predicted octanol–water partition coefficient (Wildman–Crippen LogP) is 3.27. The van der Waals surface area contributed by atoms with Crippen LogP contribution in [0.2, 0.25) is 0 Å². The molecular formula is C20H20N2O2. The highest BCUT2D eigenvalue weighted by atomic mass is 16.5. The van der Waals surface area contributed by atoms with Gasteiger partial charge in [0, 0.05) is 6.54 Å². The maximum atomic E-state index is 12.2. The molecule has 2 rings (SSSR count). The van der Waals surface area contributed by atoms with Gasteiger partial charge in [0.25, 0.3) is 5.91 Å². The SMILES string of the molecule is COc1ccc(/C=C(\C#N)C(=O)NCCc2ccccc2)c(C)c1. The van der Waals surface area contributed by atoms with E-state index in [1.807, 2.05) is 55.5 Å². The maximum absolute atomic E-state index is 12.2. The Bertz CT molecular complexity index is 774. The van der Waals surface area contributed by atoms with Crippen molar-refractivity contribution in [2.24, 2.45) is 0 Å². The second-order valence-corrected chi connectivity index (χ2v) is 5.38. The number of ether oxygens (including phenoxy) is 1. The van der Waals surface area contributed by atoms with Gasteiger partial charge >= 0.3 is 0 Å². The number of rotatable bonds is 6. The normalized spacial score (nSPS) is 10.8. The first-order valence-corrected chi connectivity index (χ1v) is 7.72. The first kappa shape index (κ1) is 17.3. The van der Waals surface area contributed by atoms with E-state index in [4.69, 9.17) is 4.74 Å². The number of carbonyl (C=O) groups is 1. The summed E-state index contributed by atoms with van der Waals surface area (Å²) in [5.74, 6) is 0.388. The third-order valence-electron chi connectivity index (χ3n) is 3.68. The summed E-state index contributed by atoms with van der Waals surface area (Å²) in [6.45, 7) is 2.40. The molecule has 4 nitrogen and oxygen atoms in total. The van der Waals surface area contributed by atoms with Crippen molar-refractivity contribution in [3.05, 3.63) is 70.8 Å². The van der Waals surface area contributed by atoms with E-state index in [-0.39, 0.29) is 11.5 Å². The molecular weight excluding hydrogens is 300 g/mol. The molecule has 0 radical (unpaired) electrons. The molecule has 0 aliphatic heterocycles. The van der Waals surface area contributed by atoms with Crippen LogP contribution in [0.3, 0.4) is 0 Å². The van der Waals surface area contributed by atoms with Crippen molar-refractivity contribution in [1.29, 1.82) is 5.26 Å². The molecule has 1 N–H and O–H groups in total. The summed E-state index contributed by atoms with van der Waals surface area (Å²) in [4.78, 5) is 12.2. The standard InChI is InChI=1S/C20H20N2O2/c1-15-12-19(24-2)9-8-17(15)13-18(14-21)20(23)22-11-10-16-6-4-3-5-7-16/h3-9,12-13H,10-11H2,1-2H3,(H,22,23)/b18-13+. The number of aryl methyl sites for hydroxylation is 1. The molecule has 0 fully saturated rings. The third-order valence-corrected chi connectivity index (χ3v) is 3.68. The van der Waals surface area contributed by atoms with Gasteiger partial charge in [-0.2, -0.15) is 5.26 Å². The maximum Gasteiger partial charge on any atom is 0.261 e. The summed E-state index contributed by atoms with van der Waals surface area (Å²) in [5.41, 5.74) is 3.01. The molecule has 2 aromatic rings. The minimum atomic E-state index is -0.358. The van der Waals surface area contributed by atoms with E-state index >= 15 is 0 Å². The van der Waals surface area contributed by atoms with Gasteiger partial charge < -0.3 is 10.1 Å². The third kappa shape index (κ3) is 4.72. The molecule has 0 heterocycles. The Kier molecular flexibility index (Phi) is 6.16. The summed E-state index contributed by atoms with van der Waals surface area (Å²) in [7, 11) is 1.60. The number of nitrogens with zero attached hydrogens (tertiary/aromatic N) is 1. The molecule has 0 aliphatic rings. The van der Waals surface area contributed by atoms with E-state index in [2.05, 4.69) is 5.32 Å². The minimum absolute atomic E-state index is 0.0938. The summed E-state index contributed by atoms with van der Waals surface area (Å²) >= 11 is 0.